The van der Waals surface area contributed by atoms with Crippen LogP contribution < -0.4 is 16.0 Å². The Morgan fingerprint density at radius 3 is 2.74 bits per heavy atom. The van der Waals surface area contributed by atoms with Gasteiger partial charge in [-0.3, -0.25) is 9.78 Å². The number of nitrogens with one attached hydrogen (secondary N) is 2. The minimum atomic E-state index is -0.513. The van der Waals surface area contributed by atoms with Crippen LogP contribution in [0.3, 0.4) is 0 Å². The van der Waals surface area contributed by atoms with Crippen molar-refractivity contribution in [2.75, 3.05) is 13.2 Å². The number of aromatic amines is 2. The highest BCUT2D eigenvalue weighted by Crippen LogP contribution is 2.23. The second-order valence-corrected chi connectivity index (χ2v) is 4.52. The summed E-state index contributed by atoms with van der Waals surface area (Å²) in [6.45, 7) is 1.34. The Bertz CT molecular complexity index is 698. The highest BCUT2D eigenvalue weighted by Gasteiger charge is 2.17. The minimum Gasteiger partial charge on any atom is -0.489 e. The largest absolute Gasteiger partial charge is 0.489 e. The number of fused-ring (bicyclic) bond motifs is 1. The lowest BCUT2D eigenvalue weighted by atomic mass is 10.1. The van der Waals surface area contributed by atoms with Crippen molar-refractivity contribution in [3.05, 3.63) is 39.0 Å². The SMILES string of the molecule is O=c1[nH]c(=O)c2c(OC3CCOCC3)cccc2[nH]1. The van der Waals surface area contributed by atoms with Gasteiger partial charge in [-0.2, -0.15) is 0 Å². The maximum Gasteiger partial charge on any atom is 0.326 e. The number of hydrogen-bond acceptors (Lipinski definition) is 4. The summed E-state index contributed by atoms with van der Waals surface area (Å²) < 4.78 is 11.1. The molecule has 2 N–H and O–H groups in total. The van der Waals surface area contributed by atoms with Crippen molar-refractivity contribution in [1.82, 2.24) is 9.97 Å². The Kier molecular flexibility index (Phi) is 3.08. The monoisotopic (exact) mass is 262 g/mol. The van der Waals surface area contributed by atoms with Crippen molar-refractivity contribution < 1.29 is 9.47 Å². The molecule has 1 fully saturated rings. The molecule has 0 aliphatic carbocycles. The Hall–Kier alpha value is -2.08. The van der Waals surface area contributed by atoms with Crippen LogP contribution in [0.1, 0.15) is 12.8 Å². The number of aromatic nitrogens is 2. The zero-order chi connectivity index (χ0) is 13.2. The van der Waals surface area contributed by atoms with Crippen molar-refractivity contribution in [3.63, 3.8) is 0 Å². The molecule has 2 heterocycles. The molecular formula is C13H14N2O4. The predicted octanol–water partition coefficient (Wildman–Crippen LogP) is 0.774. The summed E-state index contributed by atoms with van der Waals surface area (Å²) in [5.74, 6) is 0.502. The Labute approximate surface area is 108 Å². The fraction of sp³-hybridized carbons (Fsp3) is 0.385. The number of hydrogen-bond donors (Lipinski definition) is 2. The first kappa shape index (κ1) is 12.0. The first-order chi connectivity index (χ1) is 9.24. The van der Waals surface area contributed by atoms with Gasteiger partial charge in [0.1, 0.15) is 17.2 Å². The molecule has 0 atom stereocenters. The number of ether oxygens (including phenoxy) is 2. The molecule has 1 aliphatic rings. The quantitative estimate of drug-likeness (QED) is 0.837. The van der Waals surface area contributed by atoms with Gasteiger partial charge in [0.2, 0.25) is 0 Å². The summed E-state index contributed by atoms with van der Waals surface area (Å²) in [6, 6.07) is 5.18. The summed E-state index contributed by atoms with van der Waals surface area (Å²) >= 11 is 0. The number of H-pyrrole nitrogens is 2. The van der Waals surface area contributed by atoms with E-state index in [2.05, 4.69) is 9.97 Å². The Balaban J connectivity index is 2.03. The van der Waals surface area contributed by atoms with Gasteiger partial charge >= 0.3 is 5.69 Å². The molecule has 0 bridgehead atoms. The van der Waals surface area contributed by atoms with Crippen LogP contribution in [0.2, 0.25) is 0 Å². The van der Waals surface area contributed by atoms with Crippen LogP contribution in [0.4, 0.5) is 0 Å². The van der Waals surface area contributed by atoms with Gasteiger partial charge < -0.3 is 14.5 Å². The molecule has 3 rings (SSSR count). The summed E-state index contributed by atoms with van der Waals surface area (Å²) in [7, 11) is 0. The van der Waals surface area contributed by atoms with Gasteiger partial charge in [-0.15, -0.1) is 0 Å². The van der Waals surface area contributed by atoms with Crippen LogP contribution in [0.15, 0.2) is 27.8 Å². The van der Waals surface area contributed by atoms with Crippen molar-refractivity contribution in [3.8, 4) is 5.75 Å². The molecule has 6 heteroatoms. The normalized spacial score (nSPS) is 16.6. The number of benzene rings is 1. The van der Waals surface area contributed by atoms with E-state index in [4.69, 9.17) is 9.47 Å². The summed E-state index contributed by atoms with van der Waals surface area (Å²) in [5.41, 5.74) is -0.458. The second-order valence-electron chi connectivity index (χ2n) is 4.52. The zero-order valence-corrected chi connectivity index (χ0v) is 10.3. The fourth-order valence-electron chi connectivity index (χ4n) is 2.26. The molecular weight excluding hydrogens is 248 g/mol. The average Bonchev–Trinajstić information content (AvgIpc) is 2.39. The van der Waals surface area contributed by atoms with E-state index in [1.54, 1.807) is 18.2 Å². The summed E-state index contributed by atoms with van der Waals surface area (Å²) in [5, 5.41) is 0.383. The lowest BCUT2D eigenvalue weighted by Gasteiger charge is -2.23. The average molecular weight is 262 g/mol. The molecule has 1 saturated heterocycles. The van der Waals surface area contributed by atoms with E-state index in [1.165, 1.54) is 0 Å². The van der Waals surface area contributed by atoms with E-state index in [-0.39, 0.29) is 6.10 Å². The van der Waals surface area contributed by atoms with E-state index in [0.717, 1.165) is 12.8 Å². The van der Waals surface area contributed by atoms with Crippen LogP contribution in [-0.4, -0.2) is 29.3 Å². The van der Waals surface area contributed by atoms with E-state index >= 15 is 0 Å². The van der Waals surface area contributed by atoms with Gasteiger partial charge in [-0.1, -0.05) is 6.07 Å². The molecule has 0 spiro atoms. The topological polar surface area (TPSA) is 84.2 Å². The van der Waals surface area contributed by atoms with Crippen molar-refractivity contribution in [2.45, 2.75) is 18.9 Å². The van der Waals surface area contributed by atoms with Crippen LogP contribution in [-0.2, 0) is 4.74 Å². The van der Waals surface area contributed by atoms with Gasteiger partial charge in [-0.05, 0) is 12.1 Å². The highest BCUT2D eigenvalue weighted by molar-refractivity contribution is 5.83. The third-order valence-electron chi connectivity index (χ3n) is 3.19. The smallest absolute Gasteiger partial charge is 0.326 e. The maximum absolute atomic E-state index is 11.9. The lowest BCUT2D eigenvalue weighted by Crippen LogP contribution is -2.27. The van der Waals surface area contributed by atoms with Gasteiger partial charge in [0.15, 0.2) is 0 Å². The van der Waals surface area contributed by atoms with Gasteiger partial charge in [0, 0.05) is 12.8 Å². The maximum atomic E-state index is 11.9. The molecule has 0 saturated carbocycles. The third kappa shape index (κ3) is 2.39. The third-order valence-corrected chi connectivity index (χ3v) is 3.19. The summed E-state index contributed by atoms with van der Waals surface area (Å²) in [4.78, 5) is 27.9. The van der Waals surface area contributed by atoms with E-state index in [0.29, 0.717) is 29.9 Å². The molecule has 2 aromatic rings. The molecule has 0 radical (unpaired) electrons. The first-order valence-corrected chi connectivity index (χ1v) is 6.24. The molecule has 6 nitrogen and oxygen atoms in total. The lowest BCUT2D eigenvalue weighted by molar-refractivity contribution is 0.0261. The second kappa shape index (κ2) is 4.89. The first-order valence-electron chi connectivity index (χ1n) is 6.24. The Morgan fingerprint density at radius 1 is 1.16 bits per heavy atom. The molecule has 100 valence electrons. The van der Waals surface area contributed by atoms with Gasteiger partial charge in [0.05, 0.1) is 18.7 Å². The molecule has 1 aliphatic heterocycles. The number of rotatable bonds is 2. The molecule has 0 amide bonds. The van der Waals surface area contributed by atoms with Crippen LogP contribution in [0.25, 0.3) is 10.9 Å². The molecule has 1 aromatic carbocycles. The predicted molar refractivity (Wildman–Crippen MR) is 69.7 cm³/mol. The van der Waals surface area contributed by atoms with Crippen molar-refractivity contribution >= 4 is 10.9 Å². The molecule has 1 aromatic heterocycles. The Morgan fingerprint density at radius 2 is 1.95 bits per heavy atom. The van der Waals surface area contributed by atoms with Crippen molar-refractivity contribution in [2.24, 2.45) is 0 Å². The standard InChI is InChI=1S/C13H14N2O4/c16-12-11-9(14-13(17)15-12)2-1-3-10(11)19-8-4-6-18-7-5-8/h1-3,8H,4-7H2,(H2,14,15,16,17). The van der Waals surface area contributed by atoms with Crippen LogP contribution in [0.5, 0.6) is 5.75 Å². The van der Waals surface area contributed by atoms with E-state index < -0.39 is 11.2 Å². The van der Waals surface area contributed by atoms with Crippen LogP contribution in [0, 0.1) is 0 Å². The zero-order valence-electron chi connectivity index (χ0n) is 10.3. The van der Waals surface area contributed by atoms with Gasteiger partial charge in [-0.25, -0.2) is 4.79 Å². The summed E-state index contributed by atoms with van der Waals surface area (Å²) in [6.07, 6.45) is 1.65. The minimum absolute atomic E-state index is 0.0469. The fourth-order valence-corrected chi connectivity index (χ4v) is 2.26. The molecule has 19 heavy (non-hydrogen) atoms. The van der Waals surface area contributed by atoms with E-state index in [1.807, 2.05) is 0 Å². The van der Waals surface area contributed by atoms with Crippen molar-refractivity contribution in [1.29, 1.82) is 0 Å². The van der Waals surface area contributed by atoms with Gasteiger partial charge in [0.25, 0.3) is 5.56 Å². The van der Waals surface area contributed by atoms with E-state index in [9.17, 15) is 9.59 Å². The molecule has 0 unspecified atom stereocenters. The van der Waals surface area contributed by atoms with Crippen LogP contribution >= 0.6 is 0 Å². The highest BCUT2D eigenvalue weighted by atomic mass is 16.5.